The highest BCUT2D eigenvalue weighted by atomic mass is 16.5. The average Bonchev–Trinajstić information content (AvgIpc) is 3.17. The van der Waals surface area contributed by atoms with Gasteiger partial charge in [0.25, 0.3) is 0 Å². The Hall–Kier alpha value is -0.560. The lowest BCUT2D eigenvalue weighted by molar-refractivity contribution is 0.117. The van der Waals surface area contributed by atoms with Gasteiger partial charge >= 0.3 is 0 Å². The van der Waals surface area contributed by atoms with Gasteiger partial charge in [0, 0.05) is 0 Å². The van der Waals surface area contributed by atoms with Crippen LogP contribution in [0, 0.1) is 59.2 Å². The molecule has 0 amide bonds. The third-order valence-electron chi connectivity index (χ3n) is 16.2. The van der Waals surface area contributed by atoms with Gasteiger partial charge in [-0.3, -0.25) is 0 Å². The second-order valence-corrected chi connectivity index (χ2v) is 19.1. The van der Waals surface area contributed by atoms with E-state index in [0.717, 1.165) is 72.4 Å². The van der Waals surface area contributed by atoms with Crippen molar-refractivity contribution in [2.45, 2.75) is 206 Å². The zero-order chi connectivity index (χ0) is 33.7. The third kappa shape index (κ3) is 11.7. The van der Waals surface area contributed by atoms with Crippen LogP contribution in [0.25, 0.3) is 0 Å². The summed E-state index contributed by atoms with van der Waals surface area (Å²) in [5, 5.41) is 0. The highest BCUT2D eigenvalue weighted by Crippen LogP contribution is 2.47. The highest BCUT2D eigenvalue weighted by molar-refractivity contribution is 5.09. The third-order valence-corrected chi connectivity index (χ3v) is 16.2. The lowest BCUT2D eigenvalue weighted by Gasteiger charge is -2.40. The first-order chi connectivity index (χ1) is 24.2. The molecule has 0 heterocycles. The van der Waals surface area contributed by atoms with Gasteiger partial charge in [-0.15, -0.1) is 0 Å². The van der Waals surface area contributed by atoms with Crippen LogP contribution in [0.1, 0.15) is 206 Å². The fourth-order valence-corrected chi connectivity index (χ4v) is 12.7. The molecule has 1 heteroatoms. The van der Waals surface area contributed by atoms with Crippen molar-refractivity contribution in [1.82, 2.24) is 0 Å². The van der Waals surface area contributed by atoms with Crippen molar-refractivity contribution >= 4 is 0 Å². The Morgan fingerprint density at radius 2 is 0.755 bits per heavy atom. The van der Waals surface area contributed by atoms with Gasteiger partial charge in [-0.25, -0.2) is 0 Å². The number of hydrogen-bond donors (Lipinski definition) is 0. The molecule has 49 heavy (non-hydrogen) atoms. The molecular formula is C48H82O. The van der Waals surface area contributed by atoms with E-state index in [4.69, 9.17) is 4.74 Å². The van der Waals surface area contributed by atoms with Crippen LogP contribution in [-0.4, -0.2) is 13.2 Å². The minimum absolute atomic E-state index is 0.946. The molecular weight excluding hydrogens is 593 g/mol. The molecule has 2 unspecified atom stereocenters. The molecule has 0 spiro atoms. The van der Waals surface area contributed by atoms with Crippen LogP contribution in [0.4, 0.5) is 0 Å². The van der Waals surface area contributed by atoms with Crippen molar-refractivity contribution < 1.29 is 4.74 Å². The van der Waals surface area contributed by atoms with Crippen LogP contribution >= 0.6 is 0 Å². The van der Waals surface area contributed by atoms with Gasteiger partial charge in [0.1, 0.15) is 0 Å². The molecule has 6 aliphatic carbocycles. The molecule has 0 aliphatic heterocycles. The number of hydrogen-bond acceptors (Lipinski definition) is 1. The number of allylic oxidation sites excluding steroid dienone is 2. The second-order valence-electron chi connectivity index (χ2n) is 19.1. The Morgan fingerprint density at radius 1 is 0.429 bits per heavy atom. The predicted octanol–water partition coefficient (Wildman–Crippen LogP) is 14.8. The minimum atomic E-state index is 0.946. The van der Waals surface area contributed by atoms with E-state index in [-0.39, 0.29) is 0 Å². The Bertz CT molecular complexity index is 881. The Morgan fingerprint density at radius 3 is 1.06 bits per heavy atom. The first-order valence-electron chi connectivity index (χ1n) is 23.1. The summed E-state index contributed by atoms with van der Waals surface area (Å²) in [6.07, 6.45) is 49.5. The Kier molecular flexibility index (Phi) is 16.1. The maximum atomic E-state index is 6.23. The summed E-state index contributed by atoms with van der Waals surface area (Å²) in [6.45, 7) is 6.60. The topological polar surface area (TPSA) is 9.23 Å². The van der Waals surface area contributed by atoms with E-state index in [1.807, 2.05) is 0 Å². The average molecular weight is 675 g/mol. The molecule has 4 fully saturated rings. The molecule has 6 aliphatic rings. The van der Waals surface area contributed by atoms with Crippen molar-refractivity contribution in [1.29, 1.82) is 0 Å². The van der Waals surface area contributed by atoms with Crippen LogP contribution in [0.2, 0.25) is 0 Å². The standard InChI is InChI=1S/C48H82O/c1-3-5-7-37-9-17-41(18-10-37)45-25-29-47(30-26-45)43-21-13-39(14-22-43)33-35-49-36-34-40-15-23-44(24-16-40)48-31-27-46(28-32-48)42-19-11-38(12-20-42)8-6-4-2/h13,15,37-38,41-48H,3-12,14,16-36H2,1-2H3. The number of unbranched alkanes of at least 4 members (excludes halogenated alkanes) is 2. The summed E-state index contributed by atoms with van der Waals surface area (Å²) in [4.78, 5) is 0. The number of ether oxygens (including phenoxy) is 1. The monoisotopic (exact) mass is 675 g/mol. The van der Waals surface area contributed by atoms with Crippen LogP contribution in [0.3, 0.4) is 0 Å². The van der Waals surface area contributed by atoms with Gasteiger partial charge in [-0.05, 0) is 188 Å². The van der Waals surface area contributed by atoms with E-state index in [2.05, 4.69) is 26.0 Å². The van der Waals surface area contributed by atoms with Crippen molar-refractivity contribution in [3.63, 3.8) is 0 Å². The summed E-state index contributed by atoms with van der Waals surface area (Å²) >= 11 is 0. The zero-order valence-electron chi connectivity index (χ0n) is 33.0. The molecule has 0 N–H and O–H groups in total. The van der Waals surface area contributed by atoms with E-state index in [1.165, 1.54) is 116 Å². The fraction of sp³-hybridized carbons (Fsp3) is 0.917. The van der Waals surface area contributed by atoms with E-state index >= 15 is 0 Å². The Balaban J connectivity index is 0.782. The van der Waals surface area contributed by atoms with Gasteiger partial charge in [0.15, 0.2) is 0 Å². The van der Waals surface area contributed by atoms with Gasteiger partial charge in [0.2, 0.25) is 0 Å². The summed E-state index contributed by atoms with van der Waals surface area (Å²) in [5.41, 5.74) is 3.41. The lowest BCUT2D eigenvalue weighted by atomic mass is 9.65. The molecule has 1 nitrogen and oxygen atoms in total. The van der Waals surface area contributed by atoms with Crippen molar-refractivity contribution in [2.24, 2.45) is 59.2 Å². The normalized spacial score (nSPS) is 37.8. The molecule has 0 aromatic heterocycles. The van der Waals surface area contributed by atoms with E-state index in [0.29, 0.717) is 0 Å². The molecule has 2 atom stereocenters. The first-order valence-corrected chi connectivity index (χ1v) is 23.1. The lowest BCUT2D eigenvalue weighted by Crippen LogP contribution is -2.28. The molecule has 0 bridgehead atoms. The van der Waals surface area contributed by atoms with E-state index in [9.17, 15) is 0 Å². The molecule has 6 rings (SSSR count). The molecule has 0 aromatic rings. The highest BCUT2D eigenvalue weighted by Gasteiger charge is 2.35. The number of rotatable bonds is 16. The van der Waals surface area contributed by atoms with Crippen LogP contribution < -0.4 is 0 Å². The van der Waals surface area contributed by atoms with Crippen molar-refractivity contribution in [2.75, 3.05) is 13.2 Å². The van der Waals surface area contributed by atoms with Gasteiger partial charge in [0.05, 0.1) is 13.2 Å². The molecule has 280 valence electrons. The van der Waals surface area contributed by atoms with Crippen molar-refractivity contribution in [3.8, 4) is 0 Å². The van der Waals surface area contributed by atoms with Crippen LogP contribution in [0.5, 0.6) is 0 Å². The molecule has 0 saturated heterocycles. The van der Waals surface area contributed by atoms with Crippen molar-refractivity contribution in [3.05, 3.63) is 23.3 Å². The maximum absolute atomic E-state index is 6.23. The fourth-order valence-electron chi connectivity index (χ4n) is 12.7. The summed E-state index contributed by atoms with van der Waals surface area (Å²) in [7, 11) is 0. The second kappa shape index (κ2) is 20.6. The maximum Gasteiger partial charge on any atom is 0.0503 e. The largest absolute Gasteiger partial charge is 0.381 e. The molecule has 0 aromatic carbocycles. The van der Waals surface area contributed by atoms with E-state index < -0.39 is 0 Å². The summed E-state index contributed by atoms with van der Waals surface area (Å²) in [5.74, 6) is 10.4. The predicted molar refractivity (Wildman–Crippen MR) is 212 cm³/mol. The molecule has 4 saturated carbocycles. The first kappa shape index (κ1) is 38.2. The van der Waals surface area contributed by atoms with Gasteiger partial charge < -0.3 is 4.74 Å². The van der Waals surface area contributed by atoms with E-state index in [1.54, 1.807) is 88.2 Å². The van der Waals surface area contributed by atoms with Gasteiger partial charge in [-0.1, -0.05) is 101 Å². The summed E-state index contributed by atoms with van der Waals surface area (Å²) < 4.78 is 6.23. The summed E-state index contributed by atoms with van der Waals surface area (Å²) in [6, 6.07) is 0. The molecule has 0 radical (unpaired) electrons. The zero-order valence-corrected chi connectivity index (χ0v) is 33.0. The SMILES string of the molecule is CCCCC1CCC(C2CCC(C3CC=C(CCOCCC4=CCC(C5CCC(C6CCC(CCCC)CC6)CC5)CC4)CC3)CC2)CC1. The smallest absolute Gasteiger partial charge is 0.0503 e. The van der Waals surface area contributed by atoms with Gasteiger partial charge in [-0.2, -0.15) is 0 Å². The van der Waals surface area contributed by atoms with Crippen LogP contribution in [-0.2, 0) is 4.74 Å². The minimum Gasteiger partial charge on any atom is -0.381 e. The van der Waals surface area contributed by atoms with Crippen LogP contribution in [0.15, 0.2) is 23.3 Å². The Labute approximate surface area is 306 Å². The quantitative estimate of drug-likeness (QED) is 0.117.